The number of carbonyl (C=O) groups excluding carboxylic acids is 5. The van der Waals surface area contributed by atoms with E-state index in [4.69, 9.17) is 0 Å². The predicted octanol–water partition coefficient (Wildman–Crippen LogP) is 15.4. The summed E-state index contributed by atoms with van der Waals surface area (Å²) in [6.45, 7) is 14.2. The Bertz CT molecular complexity index is 4790. The number of anilines is 4. The van der Waals surface area contributed by atoms with Crippen molar-refractivity contribution in [2.75, 3.05) is 21.3 Å². The predicted molar refractivity (Wildman–Crippen MR) is 377 cm³/mol. The molecule has 0 saturated carbocycles. The molecule has 0 atom stereocenters. The van der Waals surface area contributed by atoms with Crippen molar-refractivity contribution in [3.05, 3.63) is 256 Å². The molecule has 0 spiro atoms. The van der Waals surface area contributed by atoms with E-state index in [1.54, 1.807) is 19.1 Å². The number of hydrogen-bond acceptors (Lipinski definition) is 7. The van der Waals surface area contributed by atoms with E-state index < -0.39 is 0 Å². The zero-order valence-corrected chi connectivity index (χ0v) is 54.2. The Morgan fingerprint density at radius 1 is 0.404 bits per heavy atom. The van der Waals surface area contributed by atoms with Crippen LogP contribution in [0.5, 0.6) is 0 Å². The average molecular weight is 1240 g/mol. The van der Waals surface area contributed by atoms with Gasteiger partial charge in [-0.25, -0.2) is 0 Å². The van der Waals surface area contributed by atoms with Crippen molar-refractivity contribution in [1.82, 2.24) is 0 Å². The molecule has 470 valence electrons. The third-order valence-electron chi connectivity index (χ3n) is 18.8. The van der Waals surface area contributed by atoms with Crippen LogP contribution in [0.1, 0.15) is 165 Å². The lowest BCUT2D eigenvalue weighted by molar-refractivity contribution is -0.379. The van der Waals surface area contributed by atoms with Gasteiger partial charge in [0.15, 0.2) is 0 Å². The van der Waals surface area contributed by atoms with Gasteiger partial charge >= 0.3 is 0 Å². The molecule has 8 aromatic rings. The first-order chi connectivity index (χ1) is 45.0. The Morgan fingerprint density at radius 2 is 0.745 bits per heavy atom. The van der Waals surface area contributed by atoms with Gasteiger partial charge in [0, 0.05) is 85.6 Å². The Balaban J connectivity index is 0.000000120. The molecule has 94 heavy (non-hydrogen) atoms. The maximum absolute atomic E-state index is 12.4. The molecule has 4 aliphatic heterocycles. The molecule has 16 rings (SSSR count). The van der Waals surface area contributed by atoms with E-state index in [-0.39, 0.29) is 34.9 Å². The SMILES string of the molecule is CC(=O)Cc1ccc2c(c1)C1=C(CC(=O)N2)c2cc(C)ccc2C1.CCC#Cc1ccc2c(c1)C1=C(CC(=O)N2)c2cc(C)ccc2C1.CCCc1ccc2c(c1)C1=C(CC(=O)N2)c2cc(C)ccc2C1.Cc1ccc2c(c1)C1=C(C2)c2cc([NH+]=O)ccc2NC(=O)C1.[OH-]. The van der Waals surface area contributed by atoms with Crippen molar-refractivity contribution in [2.24, 2.45) is 0 Å². The number of allylic oxidation sites excluding steroid dienone is 4. The summed E-state index contributed by atoms with van der Waals surface area (Å²) in [5.41, 5.74) is 36.2. The van der Waals surface area contributed by atoms with E-state index in [2.05, 4.69) is 171 Å². The van der Waals surface area contributed by atoms with Crippen molar-refractivity contribution in [3.63, 3.8) is 0 Å². The number of nitroso groups, excluding NO2 is 1. The van der Waals surface area contributed by atoms with Crippen LogP contribution >= 0.6 is 0 Å². The highest BCUT2D eigenvalue weighted by Gasteiger charge is 2.34. The maximum atomic E-state index is 12.4. The zero-order valence-electron chi connectivity index (χ0n) is 54.2. The van der Waals surface area contributed by atoms with Crippen molar-refractivity contribution in [1.29, 1.82) is 0 Å². The van der Waals surface area contributed by atoms with Gasteiger partial charge in [-0.1, -0.05) is 139 Å². The minimum absolute atomic E-state index is 0. The van der Waals surface area contributed by atoms with E-state index in [0.717, 1.165) is 112 Å². The largest absolute Gasteiger partial charge is 0.870 e. The second kappa shape index (κ2) is 26.5. The summed E-state index contributed by atoms with van der Waals surface area (Å²) in [6, 6.07) is 49.8. The lowest BCUT2D eigenvalue weighted by atomic mass is 9.95. The van der Waals surface area contributed by atoms with Gasteiger partial charge in [0.05, 0.1) is 25.7 Å². The smallest absolute Gasteiger partial charge is 0.254 e. The highest BCUT2D eigenvalue weighted by atomic mass is 16.3. The molecule has 12 heteroatoms. The van der Waals surface area contributed by atoms with Crippen LogP contribution < -0.4 is 26.4 Å². The van der Waals surface area contributed by atoms with Crippen molar-refractivity contribution in [2.45, 2.75) is 126 Å². The minimum atomic E-state index is -0.0107. The van der Waals surface area contributed by atoms with Crippen molar-refractivity contribution >= 4 is 102 Å². The highest BCUT2D eigenvalue weighted by molar-refractivity contribution is 6.15. The van der Waals surface area contributed by atoms with Crippen molar-refractivity contribution < 1.29 is 34.6 Å². The molecule has 4 heterocycles. The molecule has 12 nitrogen and oxygen atoms in total. The molecule has 0 aromatic heterocycles. The summed E-state index contributed by atoms with van der Waals surface area (Å²) in [4.78, 5) is 71.7. The van der Waals surface area contributed by atoms with Crippen LogP contribution in [0.2, 0.25) is 0 Å². The second-order valence-corrected chi connectivity index (χ2v) is 25.7. The normalized spacial score (nSPS) is 15.2. The molecule has 8 aromatic carbocycles. The van der Waals surface area contributed by atoms with Crippen LogP contribution in [0.4, 0.5) is 28.4 Å². The summed E-state index contributed by atoms with van der Waals surface area (Å²) in [5.74, 6) is 6.64. The third-order valence-corrected chi connectivity index (χ3v) is 18.8. The summed E-state index contributed by atoms with van der Waals surface area (Å²) in [6.07, 6.45) is 8.64. The van der Waals surface area contributed by atoms with Gasteiger partial charge in [0.25, 0.3) is 5.69 Å². The molecule has 0 fully saturated rings. The van der Waals surface area contributed by atoms with Gasteiger partial charge in [-0.2, -0.15) is 0 Å². The third kappa shape index (κ3) is 12.8. The summed E-state index contributed by atoms with van der Waals surface area (Å²) >= 11 is 0. The highest BCUT2D eigenvalue weighted by Crippen LogP contribution is 2.49. The van der Waals surface area contributed by atoms with E-state index in [0.29, 0.717) is 37.8 Å². The Labute approximate surface area is 549 Å². The van der Waals surface area contributed by atoms with E-state index in [9.17, 15) is 28.9 Å². The van der Waals surface area contributed by atoms with Crippen LogP contribution in [0.25, 0.3) is 44.6 Å². The number of fused-ring (bicyclic) bond motifs is 16. The number of benzene rings is 8. The second-order valence-electron chi connectivity index (χ2n) is 25.7. The first-order valence-corrected chi connectivity index (χ1v) is 32.4. The molecule has 0 bridgehead atoms. The van der Waals surface area contributed by atoms with Gasteiger partial charge in [-0.3, -0.25) is 24.0 Å². The fourth-order valence-electron chi connectivity index (χ4n) is 14.5. The lowest BCUT2D eigenvalue weighted by Crippen LogP contribution is -2.55. The van der Waals surface area contributed by atoms with Gasteiger partial charge in [0.2, 0.25) is 23.6 Å². The monoisotopic (exact) mass is 1240 g/mol. The van der Waals surface area contributed by atoms with E-state index >= 15 is 0 Å². The van der Waals surface area contributed by atoms with Gasteiger partial charge in [-0.15, -0.1) is 0 Å². The number of carbonyl (C=O) groups is 5. The fourth-order valence-corrected chi connectivity index (χ4v) is 14.5. The molecule has 0 unspecified atom stereocenters. The number of amides is 4. The molecule has 0 radical (unpaired) electrons. The molecule has 6 N–H and O–H groups in total. The summed E-state index contributed by atoms with van der Waals surface area (Å²) in [7, 11) is 0. The van der Waals surface area contributed by atoms with Crippen LogP contribution in [0, 0.1) is 44.4 Å². The lowest BCUT2D eigenvalue weighted by Gasteiger charge is -2.12. The van der Waals surface area contributed by atoms with E-state index in [1.807, 2.05) is 42.4 Å². The summed E-state index contributed by atoms with van der Waals surface area (Å²) in [5, 5.41) is 14.0. The first kappa shape index (κ1) is 63.5. The molecule has 0 saturated heterocycles. The first-order valence-electron chi connectivity index (χ1n) is 32.4. The van der Waals surface area contributed by atoms with Crippen molar-refractivity contribution in [3.8, 4) is 11.8 Å². The number of rotatable bonds is 5. The topological polar surface area (TPSA) is 195 Å². The maximum Gasteiger partial charge on any atom is 0.254 e. The number of aryl methyl sites for hydroxylation is 5. The number of hydrogen-bond donors (Lipinski definition) is 5. The van der Waals surface area contributed by atoms with Gasteiger partial charge in [0.1, 0.15) is 5.78 Å². The molecule has 8 aliphatic rings. The van der Waals surface area contributed by atoms with Gasteiger partial charge in [-0.05, 0) is 215 Å². The van der Waals surface area contributed by atoms with E-state index in [1.165, 1.54) is 106 Å². The standard InChI is InChI=1S/C22H19NO.C21H19NO2.C21H21NO.C18H14N2O2.H2O/c1-3-4-5-15-7-9-21-20(11-15)18-12-16-8-6-14(2)10-17(16)19(18)13-22(24)23-21;1-12-3-5-15-10-17-18(16(15)7-12)11-21(24)22-20-6-4-14(8-13(2)23)9-19(17)20;1-3-4-14-6-8-20-19(10-14)17-11-15-7-5-13(2)9-16(15)18(17)12-21(23)22-20;1-10-2-3-11-7-14-15(13(11)6-10)9-18(21)19-17-5-4-12(20-22)8-16(14)17;/h6-11H,3,12-13H2,1-2H3,(H,23,24);3-7,9H,8,10-11H2,1-2H3,(H,22,24);5-10H,3-4,11-12H2,1-2H3,(H,22,23);2-6,8H,7,9H2,1H3,(H,19,21);1H2. The molecular formula is C82H75N5O7. The Morgan fingerprint density at radius 3 is 1.12 bits per heavy atom. The fraction of sp³-hybridized carbons (Fsp3) is 0.232. The number of nitrogens with one attached hydrogen (secondary N) is 5. The Hall–Kier alpha value is -10.6. The zero-order chi connectivity index (χ0) is 64.8. The van der Waals surface area contributed by atoms with Gasteiger partial charge < -0.3 is 26.7 Å². The van der Waals surface area contributed by atoms with Crippen LogP contribution in [-0.2, 0) is 62.5 Å². The van der Waals surface area contributed by atoms with Crippen LogP contribution in [-0.4, -0.2) is 34.9 Å². The summed E-state index contributed by atoms with van der Waals surface area (Å²) < 4.78 is 0. The van der Waals surface area contributed by atoms with Crippen LogP contribution in [0.3, 0.4) is 0 Å². The molecule has 4 amide bonds. The quantitative estimate of drug-likeness (QED) is 0.106. The number of ketones is 1. The number of Topliss-reactive ketones (excluding diaryl/α,β-unsaturated/α-hetero) is 1. The molecule has 4 aliphatic carbocycles. The Kier molecular flexibility index (Phi) is 17.9. The molecular weight excluding hydrogens is 1170 g/mol. The average Bonchev–Trinajstić information content (AvgIpc) is 1.64. The van der Waals surface area contributed by atoms with Crippen LogP contribution in [0.15, 0.2) is 146 Å². The minimum Gasteiger partial charge on any atom is -0.870 e.